The van der Waals surface area contributed by atoms with Crippen LogP contribution in [0.4, 0.5) is 5.82 Å². The number of nitrogens with two attached hydrogens (primary N) is 1. The van der Waals surface area contributed by atoms with Crippen molar-refractivity contribution >= 4 is 5.82 Å². The monoisotopic (exact) mass is 212 g/mol. The Balaban J connectivity index is 2.20. The van der Waals surface area contributed by atoms with Crippen molar-refractivity contribution in [1.82, 2.24) is 4.98 Å². The second kappa shape index (κ2) is 4.79. The van der Waals surface area contributed by atoms with Gasteiger partial charge in [-0.15, -0.1) is 0 Å². The molecule has 0 unspecified atom stereocenters. The number of hydrogen-bond donors (Lipinski definition) is 1. The highest BCUT2D eigenvalue weighted by Gasteiger charge is 1.98. The van der Waals surface area contributed by atoms with Gasteiger partial charge in [-0.25, -0.2) is 4.98 Å². The zero-order valence-electron chi connectivity index (χ0n) is 9.48. The third kappa shape index (κ3) is 2.60. The minimum absolute atomic E-state index is 0.587. The number of rotatable bonds is 3. The molecule has 1 aromatic carbocycles. The predicted octanol–water partition coefficient (Wildman–Crippen LogP) is 2.82. The third-order valence-corrected chi connectivity index (χ3v) is 2.65. The number of benzene rings is 1. The molecule has 0 saturated carbocycles. The maximum Gasteiger partial charge on any atom is 0.123 e. The van der Waals surface area contributed by atoms with E-state index in [9.17, 15) is 0 Å². The van der Waals surface area contributed by atoms with E-state index in [2.05, 4.69) is 36.2 Å². The molecule has 0 bridgehead atoms. The summed E-state index contributed by atoms with van der Waals surface area (Å²) in [6, 6.07) is 12.6. The lowest BCUT2D eigenvalue weighted by atomic mass is 10.0. The van der Waals surface area contributed by atoms with Gasteiger partial charge in [0.1, 0.15) is 5.82 Å². The molecule has 0 aliphatic rings. The van der Waals surface area contributed by atoms with E-state index in [1.165, 1.54) is 16.7 Å². The number of nitrogen functional groups attached to an aromatic ring is 1. The smallest absolute Gasteiger partial charge is 0.123 e. The van der Waals surface area contributed by atoms with Crippen molar-refractivity contribution in [2.24, 2.45) is 0 Å². The zero-order chi connectivity index (χ0) is 11.4. The number of aryl methyl sites for hydroxylation is 1. The molecule has 82 valence electrons. The predicted molar refractivity (Wildman–Crippen MR) is 67.3 cm³/mol. The molecule has 0 radical (unpaired) electrons. The Labute approximate surface area is 96.1 Å². The summed E-state index contributed by atoms with van der Waals surface area (Å²) < 4.78 is 0. The summed E-state index contributed by atoms with van der Waals surface area (Å²) in [4.78, 5) is 3.99. The summed E-state index contributed by atoms with van der Waals surface area (Å²) in [7, 11) is 0. The minimum Gasteiger partial charge on any atom is -0.384 e. The van der Waals surface area contributed by atoms with Gasteiger partial charge < -0.3 is 5.73 Å². The Morgan fingerprint density at radius 1 is 1.06 bits per heavy atom. The first-order valence-corrected chi connectivity index (χ1v) is 5.56. The van der Waals surface area contributed by atoms with Gasteiger partial charge in [0.05, 0.1) is 0 Å². The van der Waals surface area contributed by atoms with E-state index < -0.39 is 0 Å². The van der Waals surface area contributed by atoms with Gasteiger partial charge in [0.25, 0.3) is 0 Å². The van der Waals surface area contributed by atoms with Gasteiger partial charge in [-0.05, 0) is 41.7 Å². The van der Waals surface area contributed by atoms with Gasteiger partial charge in [0.2, 0.25) is 0 Å². The molecule has 2 heteroatoms. The number of nitrogens with zero attached hydrogens (tertiary/aromatic N) is 1. The lowest BCUT2D eigenvalue weighted by Crippen LogP contribution is -1.94. The molecule has 0 amide bonds. The Bertz CT molecular complexity index is 478. The molecule has 0 spiro atoms. The molecular formula is C14H16N2. The van der Waals surface area contributed by atoms with Gasteiger partial charge in [-0.1, -0.05) is 31.2 Å². The average Bonchev–Trinajstić information content (AvgIpc) is 2.29. The molecule has 2 N–H and O–H groups in total. The van der Waals surface area contributed by atoms with Crippen molar-refractivity contribution in [2.75, 3.05) is 5.73 Å². The second-order valence-electron chi connectivity index (χ2n) is 3.94. The standard InChI is InChI=1S/C14H16N2/c1-2-11-4-3-5-12(8-11)9-13-6-7-16-14(15)10-13/h3-8,10H,2,9H2,1H3,(H2,15,16). The highest BCUT2D eigenvalue weighted by molar-refractivity contribution is 5.35. The fourth-order valence-electron chi connectivity index (χ4n) is 1.80. The molecule has 2 aromatic rings. The van der Waals surface area contributed by atoms with Crippen LogP contribution in [-0.4, -0.2) is 4.98 Å². The van der Waals surface area contributed by atoms with Crippen LogP contribution in [0, 0.1) is 0 Å². The Morgan fingerprint density at radius 3 is 2.56 bits per heavy atom. The molecule has 16 heavy (non-hydrogen) atoms. The molecule has 0 saturated heterocycles. The van der Waals surface area contributed by atoms with Crippen LogP contribution in [0.3, 0.4) is 0 Å². The van der Waals surface area contributed by atoms with Gasteiger partial charge in [0, 0.05) is 6.20 Å². The molecule has 2 rings (SSSR count). The first kappa shape index (κ1) is 10.7. The van der Waals surface area contributed by atoms with Crippen LogP contribution in [0.1, 0.15) is 23.6 Å². The Hall–Kier alpha value is -1.83. The van der Waals surface area contributed by atoms with Crippen LogP contribution < -0.4 is 5.73 Å². The number of anilines is 1. The fourth-order valence-corrected chi connectivity index (χ4v) is 1.80. The molecule has 0 fully saturated rings. The maximum atomic E-state index is 5.66. The third-order valence-electron chi connectivity index (χ3n) is 2.65. The first-order valence-electron chi connectivity index (χ1n) is 5.56. The summed E-state index contributed by atoms with van der Waals surface area (Å²) in [6.45, 7) is 2.17. The van der Waals surface area contributed by atoms with E-state index in [1.54, 1.807) is 6.20 Å². The van der Waals surface area contributed by atoms with Gasteiger partial charge in [-0.3, -0.25) is 0 Å². The average molecular weight is 212 g/mol. The lowest BCUT2D eigenvalue weighted by Gasteiger charge is -2.04. The van der Waals surface area contributed by atoms with E-state index in [1.807, 2.05) is 12.1 Å². The summed E-state index contributed by atoms with van der Waals surface area (Å²) in [6.07, 6.45) is 3.75. The maximum absolute atomic E-state index is 5.66. The van der Waals surface area contributed by atoms with E-state index in [0.29, 0.717) is 5.82 Å². The van der Waals surface area contributed by atoms with Crippen LogP contribution in [0.5, 0.6) is 0 Å². The molecule has 0 aliphatic heterocycles. The molecular weight excluding hydrogens is 196 g/mol. The van der Waals surface area contributed by atoms with Gasteiger partial charge in [0.15, 0.2) is 0 Å². The summed E-state index contributed by atoms with van der Waals surface area (Å²) >= 11 is 0. The second-order valence-corrected chi connectivity index (χ2v) is 3.94. The number of pyridine rings is 1. The van der Waals surface area contributed by atoms with Crippen LogP contribution in [0.2, 0.25) is 0 Å². The first-order chi connectivity index (χ1) is 7.78. The largest absolute Gasteiger partial charge is 0.384 e. The number of hydrogen-bond acceptors (Lipinski definition) is 2. The summed E-state index contributed by atoms with van der Waals surface area (Å²) in [5.74, 6) is 0.587. The summed E-state index contributed by atoms with van der Waals surface area (Å²) in [5, 5.41) is 0. The topological polar surface area (TPSA) is 38.9 Å². The van der Waals surface area contributed by atoms with Crippen LogP contribution >= 0.6 is 0 Å². The quantitative estimate of drug-likeness (QED) is 0.849. The van der Waals surface area contributed by atoms with E-state index in [4.69, 9.17) is 5.73 Å². The van der Waals surface area contributed by atoms with Crippen molar-refractivity contribution in [3.05, 3.63) is 59.3 Å². The normalized spacial score (nSPS) is 10.3. The Kier molecular flexibility index (Phi) is 3.20. The van der Waals surface area contributed by atoms with Crippen LogP contribution in [0.25, 0.3) is 0 Å². The highest BCUT2D eigenvalue weighted by atomic mass is 14.8. The minimum atomic E-state index is 0.587. The zero-order valence-corrected chi connectivity index (χ0v) is 9.48. The molecule has 0 atom stereocenters. The van der Waals surface area contributed by atoms with Crippen LogP contribution in [0.15, 0.2) is 42.6 Å². The Morgan fingerprint density at radius 2 is 1.81 bits per heavy atom. The number of aromatic nitrogens is 1. The van der Waals surface area contributed by atoms with Gasteiger partial charge >= 0.3 is 0 Å². The van der Waals surface area contributed by atoms with Crippen molar-refractivity contribution in [3.63, 3.8) is 0 Å². The fraction of sp³-hybridized carbons (Fsp3) is 0.214. The molecule has 1 heterocycles. The summed E-state index contributed by atoms with van der Waals surface area (Å²) in [5.41, 5.74) is 9.56. The van der Waals surface area contributed by atoms with Crippen molar-refractivity contribution in [2.45, 2.75) is 19.8 Å². The van der Waals surface area contributed by atoms with Crippen molar-refractivity contribution < 1.29 is 0 Å². The van der Waals surface area contributed by atoms with Crippen molar-refractivity contribution in [3.8, 4) is 0 Å². The molecule has 2 nitrogen and oxygen atoms in total. The van der Waals surface area contributed by atoms with E-state index in [0.717, 1.165) is 12.8 Å². The van der Waals surface area contributed by atoms with E-state index >= 15 is 0 Å². The van der Waals surface area contributed by atoms with E-state index in [-0.39, 0.29) is 0 Å². The van der Waals surface area contributed by atoms with Crippen molar-refractivity contribution in [1.29, 1.82) is 0 Å². The molecule has 1 aromatic heterocycles. The SMILES string of the molecule is CCc1cccc(Cc2ccnc(N)c2)c1. The molecule has 0 aliphatic carbocycles. The lowest BCUT2D eigenvalue weighted by molar-refractivity contribution is 1.10. The highest BCUT2D eigenvalue weighted by Crippen LogP contribution is 2.12. The van der Waals surface area contributed by atoms with Gasteiger partial charge in [-0.2, -0.15) is 0 Å². The van der Waals surface area contributed by atoms with Crippen LogP contribution in [-0.2, 0) is 12.8 Å².